The minimum Gasteiger partial charge on any atom is -0.444 e. The number of likely N-dealkylation sites (tertiary alicyclic amines) is 1. The monoisotopic (exact) mass is 320 g/mol. The van der Waals surface area contributed by atoms with Crippen LogP contribution in [0.4, 0.5) is 9.18 Å². The van der Waals surface area contributed by atoms with Gasteiger partial charge in [-0.3, -0.25) is 0 Å². The zero-order valence-corrected chi connectivity index (χ0v) is 14.1. The molecule has 0 bridgehead atoms. The van der Waals surface area contributed by atoms with Gasteiger partial charge < -0.3 is 15.4 Å². The molecule has 1 spiro atoms. The maximum Gasteiger partial charge on any atom is 0.410 e. The highest BCUT2D eigenvalue weighted by molar-refractivity contribution is 5.68. The highest BCUT2D eigenvalue weighted by Crippen LogP contribution is 2.50. The quantitative estimate of drug-likeness (QED) is 0.796. The third-order valence-corrected chi connectivity index (χ3v) is 4.96. The molecule has 23 heavy (non-hydrogen) atoms. The molecule has 1 saturated heterocycles. The highest BCUT2D eigenvalue weighted by Gasteiger charge is 2.47. The van der Waals surface area contributed by atoms with Crippen LogP contribution < -0.4 is 5.73 Å². The summed E-state index contributed by atoms with van der Waals surface area (Å²) >= 11 is 0. The number of nitrogens with two attached hydrogens (primary N) is 1. The fraction of sp³-hybridized carbons (Fsp3) is 0.611. The predicted molar refractivity (Wildman–Crippen MR) is 86.7 cm³/mol. The van der Waals surface area contributed by atoms with Crippen molar-refractivity contribution >= 4 is 6.09 Å². The third-order valence-electron chi connectivity index (χ3n) is 4.96. The van der Waals surface area contributed by atoms with Gasteiger partial charge in [-0.05, 0) is 57.2 Å². The van der Waals surface area contributed by atoms with Crippen LogP contribution in [0, 0.1) is 5.82 Å². The van der Waals surface area contributed by atoms with Crippen molar-refractivity contribution in [2.75, 3.05) is 13.1 Å². The lowest BCUT2D eigenvalue weighted by Crippen LogP contribution is -2.46. The number of piperidine rings is 1. The lowest BCUT2D eigenvalue weighted by atomic mass is 9.73. The van der Waals surface area contributed by atoms with Crippen molar-refractivity contribution in [1.29, 1.82) is 0 Å². The molecule has 1 aromatic rings. The number of halogens is 1. The molecular formula is C18H25FN2O2. The molecule has 2 N–H and O–H groups in total. The van der Waals surface area contributed by atoms with Crippen molar-refractivity contribution in [1.82, 2.24) is 4.90 Å². The largest absolute Gasteiger partial charge is 0.444 e. The van der Waals surface area contributed by atoms with E-state index in [0.29, 0.717) is 13.1 Å². The van der Waals surface area contributed by atoms with Crippen LogP contribution >= 0.6 is 0 Å². The molecule has 0 unspecified atom stereocenters. The second-order valence-corrected chi connectivity index (χ2v) is 7.76. The van der Waals surface area contributed by atoms with Crippen LogP contribution in [0.2, 0.25) is 0 Å². The molecule has 5 heteroatoms. The highest BCUT2D eigenvalue weighted by atomic mass is 19.1. The predicted octanol–water partition coefficient (Wildman–Crippen LogP) is 3.50. The van der Waals surface area contributed by atoms with Crippen LogP contribution in [0.25, 0.3) is 0 Å². The van der Waals surface area contributed by atoms with E-state index in [1.54, 1.807) is 11.0 Å². The molecule has 1 aliphatic carbocycles. The number of ether oxygens (including phenoxy) is 1. The summed E-state index contributed by atoms with van der Waals surface area (Å²) in [5.74, 6) is -0.166. The number of hydrogen-bond acceptors (Lipinski definition) is 3. The summed E-state index contributed by atoms with van der Waals surface area (Å²) in [6.07, 6.45) is 1.93. The molecule has 4 nitrogen and oxygen atoms in total. The van der Waals surface area contributed by atoms with E-state index in [1.807, 2.05) is 26.8 Å². The van der Waals surface area contributed by atoms with Crippen LogP contribution in [0.5, 0.6) is 0 Å². The first-order chi connectivity index (χ1) is 10.7. The molecule has 0 aromatic heterocycles. The minimum atomic E-state index is -0.499. The van der Waals surface area contributed by atoms with Gasteiger partial charge >= 0.3 is 6.09 Å². The smallest absolute Gasteiger partial charge is 0.410 e. The lowest BCUT2D eigenvalue weighted by Gasteiger charge is -2.40. The Morgan fingerprint density at radius 3 is 2.61 bits per heavy atom. The Labute approximate surface area is 136 Å². The van der Waals surface area contributed by atoms with Crippen LogP contribution in [-0.4, -0.2) is 29.7 Å². The number of carbonyl (C=O) groups excluding carboxylic acids is 1. The lowest BCUT2D eigenvalue weighted by molar-refractivity contribution is 0.0161. The van der Waals surface area contributed by atoms with E-state index in [1.165, 1.54) is 6.07 Å². The summed E-state index contributed by atoms with van der Waals surface area (Å²) in [5.41, 5.74) is 7.19. The number of hydrogen-bond donors (Lipinski definition) is 1. The second-order valence-electron chi connectivity index (χ2n) is 7.76. The fourth-order valence-electron chi connectivity index (χ4n) is 3.94. The molecule has 0 radical (unpaired) electrons. The summed E-state index contributed by atoms with van der Waals surface area (Å²) in [6, 6.07) is 5.05. The maximum atomic E-state index is 14.4. The van der Waals surface area contributed by atoms with Crippen molar-refractivity contribution in [3.05, 3.63) is 35.1 Å². The van der Waals surface area contributed by atoms with E-state index in [4.69, 9.17) is 10.5 Å². The second kappa shape index (κ2) is 5.48. The van der Waals surface area contributed by atoms with Crippen molar-refractivity contribution < 1.29 is 13.9 Å². The normalized spacial score (nSPS) is 23.0. The first-order valence-corrected chi connectivity index (χ1v) is 8.24. The van der Waals surface area contributed by atoms with Crippen LogP contribution in [0.1, 0.15) is 57.2 Å². The Hall–Kier alpha value is -1.62. The first-order valence-electron chi connectivity index (χ1n) is 8.24. The zero-order valence-electron chi connectivity index (χ0n) is 14.1. The summed E-state index contributed by atoms with van der Waals surface area (Å²) in [7, 11) is 0. The van der Waals surface area contributed by atoms with Crippen LogP contribution in [0.15, 0.2) is 18.2 Å². The van der Waals surface area contributed by atoms with E-state index >= 15 is 0 Å². The Morgan fingerprint density at radius 2 is 2.00 bits per heavy atom. The molecule has 0 saturated carbocycles. The number of nitrogens with zero attached hydrogens (tertiary/aromatic N) is 1. The Bertz CT molecular complexity index is 616. The van der Waals surface area contributed by atoms with Gasteiger partial charge in [0.2, 0.25) is 0 Å². The van der Waals surface area contributed by atoms with E-state index in [9.17, 15) is 9.18 Å². The molecule has 1 atom stereocenters. The van der Waals surface area contributed by atoms with Gasteiger partial charge in [0.1, 0.15) is 11.4 Å². The Kier molecular flexibility index (Phi) is 3.87. The summed E-state index contributed by atoms with van der Waals surface area (Å²) in [4.78, 5) is 13.9. The standard InChI is InChI=1S/C18H25FN2O2/c1-17(2,3)23-16(22)21-9-7-18(8-10-21)11-14(20)12-5-4-6-13(19)15(12)18/h4-6,14H,7-11,20H2,1-3H3/t14-/m1/s1. The summed E-state index contributed by atoms with van der Waals surface area (Å²) in [5, 5.41) is 0. The van der Waals surface area contributed by atoms with Gasteiger partial charge in [0.05, 0.1) is 0 Å². The van der Waals surface area contributed by atoms with Gasteiger partial charge in [0.25, 0.3) is 0 Å². The van der Waals surface area contributed by atoms with Gasteiger partial charge in [-0.25, -0.2) is 9.18 Å². The number of carbonyl (C=O) groups is 1. The molecule has 1 aromatic carbocycles. The number of fused-ring (bicyclic) bond motifs is 2. The Balaban J connectivity index is 1.77. The number of rotatable bonds is 0. The van der Waals surface area contributed by atoms with E-state index in [-0.39, 0.29) is 23.4 Å². The molecule has 126 valence electrons. The minimum absolute atomic E-state index is 0.117. The van der Waals surface area contributed by atoms with Gasteiger partial charge in [-0.2, -0.15) is 0 Å². The van der Waals surface area contributed by atoms with Crippen molar-refractivity contribution in [3.8, 4) is 0 Å². The third kappa shape index (κ3) is 2.94. The summed E-state index contributed by atoms with van der Waals surface area (Å²) in [6.45, 7) is 6.73. The van der Waals surface area contributed by atoms with Crippen molar-refractivity contribution in [2.45, 2.75) is 57.1 Å². The van der Waals surface area contributed by atoms with E-state index in [2.05, 4.69) is 0 Å². The zero-order chi connectivity index (χ0) is 16.8. The number of amides is 1. The molecule has 1 heterocycles. The first kappa shape index (κ1) is 16.2. The van der Waals surface area contributed by atoms with E-state index in [0.717, 1.165) is 30.4 Å². The average Bonchev–Trinajstić information content (AvgIpc) is 2.72. The molecule has 2 aliphatic rings. The molecule has 1 fully saturated rings. The molecular weight excluding hydrogens is 295 g/mol. The Morgan fingerprint density at radius 1 is 1.35 bits per heavy atom. The molecule has 1 aliphatic heterocycles. The topological polar surface area (TPSA) is 55.6 Å². The fourth-order valence-corrected chi connectivity index (χ4v) is 3.94. The summed E-state index contributed by atoms with van der Waals surface area (Å²) < 4.78 is 19.8. The van der Waals surface area contributed by atoms with Crippen LogP contribution in [-0.2, 0) is 10.2 Å². The maximum absolute atomic E-state index is 14.4. The van der Waals surface area contributed by atoms with Gasteiger partial charge in [0, 0.05) is 24.5 Å². The van der Waals surface area contributed by atoms with E-state index < -0.39 is 5.60 Å². The van der Waals surface area contributed by atoms with Gasteiger partial charge in [-0.1, -0.05) is 12.1 Å². The molecule has 3 rings (SSSR count). The molecule has 1 amide bonds. The number of benzene rings is 1. The van der Waals surface area contributed by atoms with Crippen LogP contribution in [0.3, 0.4) is 0 Å². The van der Waals surface area contributed by atoms with Gasteiger partial charge in [-0.15, -0.1) is 0 Å². The SMILES string of the molecule is CC(C)(C)OC(=O)N1CCC2(CC1)C[C@@H](N)c1cccc(F)c12. The average molecular weight is 320 g/mol. The van der Waals surface area contributed by atoms with Crippen molar-refractivity contribution in [3.63, 3.8) is 0 Å². The van der Waals surface area contributed by atoms with Gasteiger partial charge in [0.15, 0.2) is 0 Å². The van der Waals surface area contributed by atoms with Crippen molar-refractivity contribution in [2.24, 2.45) is 5.73 Å².